The lowest BCUT2D eigenvalue weighted by Gasteiger charge is -2.35. The first-order valence-corrected chi connectivity index (χ1v) is 8.73. The number of rotatable bonds is 5. The summed E-state index contributed by atoms with van der Waals surface area (Å²) in [5, 5.41) is 5.69. The molecule has 2 rings (SSSR count). The van der Waals surface area contributed by atoms with Crippen LogP contribution in [0.1, 0.15) is 71.1 Å². The molecule has 0 aromatic rings. The summed E-state index contributed by atoms with van der Waals surface area (Å²) in [7, 11) is 0. The second kappa shape index (κ2) is 7.68. The van der Waals surface area contributed by atoms with Crippen LogP contribution in [0.2, 0.25) is 0 Å². The molecule has 2 aliphatic carbocycles. The van der Waals surface area contributed by atoms with E-state index in [0.29, 0.717) is 0 Å². The molecule has 0 saturated heterocycles. The van der Waals surface area contributed by atoms with Gasteiger partial charge in [0.15, 0.2) is 0 Å². The highest BCUT2D eigenvalue weighted by atomic mass is 32.2. The molecule has 17 heavy (non-hydrogen) atoms. The van der Waals surface area contributed by atoms with Gasteiger partial charge in [0, 0.05) is 16.5 Å². The molecule has 2 atom stereocenters. The van der Waals surface area contributed by atoms with Crippen LogP contribution in [0.3, 0.4) is 0 Å². The Hall–Kier alpha value is 0.310. The normalized spacial score (nSPS) is 31.6. The Labute approximate surface area is 112 Å². The van der Waals surface area contributed by atoms with E-state index in [0.717, 1.165) is 16.5 Å². The van der Waals surface area contributed by atoms with Crippen molar-refractivity contribution in [2.45, 2.75) is 87.7 Å². The highest BCUT2D eigenvalue weighted by Crippen LogP contribution is 2.37. The van der Waals surface area contributed by atoms with Gasteiger partial charge in [0.05, 0.1) is 0 Å². The molecule has 1 nitrogen and oxygen atoms in total. The highest BCUT2D eigenvalue weighted by Gasteiger charge is 2.28. The van der Waals surface area contributed by atoms with Crippen molar-refractivity contribution in [3.05, 3.63) is 0 Å². The lowest BCUT2D eigenvalue weighted by Crippen LogP contribution is -2.41. The van der Waals surface area contributed by atoms with Gasteiger partial charge in [0.1, 0.15) is 0 Å². The van der Waals surface area contributed by atoms with E-state index >= 15 is 0 Å². The Morgan fingerprint density at radius 1 is 0.941 bits per heavy atom. The quantitative estimate of drug-likeness (QED) is 0.783. The molecule has 2 saturated carbocycles. The minimum absolute atomic E-state index is 0.815. The van der Waals surface area contributed by atoms with Crippen LogP contribution in [-0.4, -0.2) is 23.1 Å². The Balaban J connectivity index is 1.78. The van der Waals surface area contributed by atoms with E-state index in [1.165, 1.54) is 70.8 Å². The van der Waals surface area contributed by atoms with Crippen molar-refractivity contribution in [3.63, 3.8) is 0 Å². The molecule has 0 amide bonds. The fourth-order valence-electron chi connectivity index (χ4n) is 3.27. The maximum absolute atomic E-state index is 3.79. The molecule has 0 bridgehead atoms. The van der Waals surface area contributed by atoms with Gasteiger partial charge < -0.3 is 5.32 Å². The molecule has 0 aliphatic heterocycles. The zero-order valence-electron chi connectivity index (χ0n) is 11.4. The molecule has 0 aromatic carbocycles. The number of thioether (sulfide) groups is 1. The van der Waals surface area contributed by atoms with Crippen molar-refractivity contribution < 1.29 is 0 Å². The van der Waals surface area contributed by atoms with Gasteiger partial charge >= 0.3 is 0 Å². The summed E-state index contributed by atoms with van der Waals surface area (Å²) in [6.45, 7) is 3.49. The predicted octanol–water partition coefficient (Wildman–Crippen LogP) is 4.36. The molecule has 1 N–H and O–H groups in total. The van der Waals surface area contributed by atoms with Gasteiger partial charge in [-0.3, -0.25) is 0 Å². The van der Waals surface area contributed by atoms with Crippen LogP contribution < -0.4 is 5.32 Å². The summed E-state index contributed by atoms with van der Waals surface area (Å²) in [5.74, 6) is 0. The fourth-order valence-corrected chi connectivity index (χ4v) is 5.10. The Morgan fingerprint density at radius 2 is 1.65 bits per heavy atom. The summed E-state index contributed by atoms with van der Waals surface area (Å²) < 4.78 is 0. The molecule has 2 heteroatoms. The van der Waals surface area contributed by atoms with Gasteiger partial charge in [-0.15, -0.1) is 0 Å². The minimum atomic E-state index is 0.815. The van der Waals surface area contributed by atoms with Crippen LogP contribution >= 0.6 is 11.8 Å². The molecule has 0 radical (unpaired) electrons. The summed E-state index contributed by atoms with van der Waals surface area (Å²) >= 11 is 2.34. The minimum Gasteiger partial charge on any atom is -0.313 e. The van der Waals surface area contributed by atoms with Crippen LogP contribution in [0.15, 0.2) is 0 Å². The average molecular weight is 255 g/mol. The van der Waals surface area contributed by atoms with Crippen LogP contribution in [0.5, 0.6) is 0 Å². The van der Waals surface area contributed by atoms with E-state index in [1.54, 1.807) is 0 Å². The smallest absolute Gasteiger partial charge is 0.0203 e. The third-order valence-electron chi connectivity index (χ3n) is 4.28. The molecule has 2 unspecified atom stereocenters. The number of nitrogens with one attached hydrogen (secondary N) is 1. The first-order chi connectivity index (χ1) is 8.40. The lowest BCUT2D eigenvalue weighted by atomic mass is 9.95. The van der Waals surface area contributed by atoms with E-state index < -0.39 is 0 Å². The van der Waals surface area contributed by atoms with Gasteiger partial charge in [-0.25, -0.2) is 0 Å². The summed E-state index contributed by atoms with van der Waals surface area (Å²) in [5.41, 5.74) is 0. The number of hydrogen-bond acceptors (Lipinski definition) is 2. The maximum atomic E-state index is 3.79. The molecule has 0 spiro atoms. The van der Waals surface area contributed by atoms with Gasteiger partial charge in [-0.05, 0) is 38.6 Å². The molecule has 2 fully saturated rings. The topological polar surface area (TPSA) is 12.0 Å². The Morgan fingerprint density at radius 3 is 2.41 bits per heavy atom. The second-order valence-electron chi connectivity index (χ2n) is 5.78. The van der Waals surface area contributed by atoms with Crippen LogP contribution in [-0.2, 0) is 0 Å². The Kier molecular flexibility index (Phi) is 6.21. The molecular formula is C15H29NS. The van der Waals surface area contributed by atoms with Crippen LogP contribution in [0.25, 0.3) is 0 Å². The maximum Gasteiger partial charge on any atom is 0.0203 e. The van der Waals surface area contributed by atoms with Crippen molar-refractivity contribution in [1.29, 1.82) is 0 Å². The van der Waals surface area contributed by atoms with E-state index in [-0.39, 0.29) is 0 Å². The van der Waals surface area contributed by atoms with Gasteiger partial charge in [0.2, 0.25) is 0 Å². The SMILES string of the molecule is CCCNC1CCCCC1SC1CCCCC1. The van der Waals surface area contributed by atoms with Crippen molar-refractivity contribution in [2.24, 2.45) is 0 Å². The highest BCUT2D eigenvalue weighted by molar-refractivity contribution is 8.00. The third kappa shape index (κ3) is 4.48. The molecule has 0 aromatic heterocycles. The van der Waals surface area contributed by atoms with E-state index in [4.69, 9.17) is 0 Å². The second-order valence-corrected chi connectivity index (χ2v) is 7.32. The monoisotopic (exact) mass is 255 g/mol. The zero-order valence-corrected chi connectivity index (χ0v) is 12.2. The van der Waals surface area contributed by atoms with Crippen molar-refractivity contribution >= 4 is 11.8 Å². The van der Waals surface area contributed by atoms with Gasteiger partial charge in [-0.1, -0.05) is 39.0 Å². The van der Waals surface area contributed by atoms with E-state index in [1.807, 2.05) is 0 Å². The molecule has 100 valence electrons. The van der Waals surface area contributed by atoms with Crippen LogP contribution in [0, 0.1) is 0 Å². The number of hydrogen-bond donors (Lipinski definition) is 1. The van der Waals surface area contributed by atoms with Crippen molar-refractivity contribution in [2.75, 3.05) is 6.54 Å². The predicted molar refractivity (Wildman–Crippen MR) is 78.8 cm³/mol. The lowest BCUT2D eigenvalue weighted by molar-refractivity contribution is 0.382. The Bertz CT molecular complexity index is 201. The largest absolute Gasteiger partial charge is 0.313 e. The first kappa shape index (κ1) is 13.7. The molecular weight excluding hydrogens is 226 g/mol. The third-order valence-corrected chi connectivity index (χ3v) is 6.05. The van der Waals surface area contributed by atoms with E-state index in [2.05, 4.69) is 24.0 Å². The zero-order chi connectivity index (χ0) is 11.9. The van der Waals surface area contributed by atoms with Crippen LogP contribution in [0.4, 0.5) is 0 Å². The van der Waals surface area contributed by atoms with Gasteiger partial charge in [0.25, 0.3) is 0 Å². The standard InChI is InChI=1S/C15H29NS/c1-2-12-16-14-10-6-7-11-15(14)17-13-8-4-3-5-9-13/h13-16H,2-12H2,1H3. The molecule has 0 heterocycles. The summed E-state index contributed by atoms with van der Waals surface area (Å²) in [4.78, 5) is 0. The average Bonchev–Trinajstić information content (AvgIpc) is 2.39. The van der Waals surface area contributed by atoms with Gasteiger partial charge in [-0.2, -0.15) is 11.8 Å². The molecule has 2 aliphatic rings. The van der Waals surface area contributed by atoms with Crippen molar-refractivity contribution in [3.8, 4) is 0 Å². The fraction of sp³-hybridized carbons (Fsp3) is 1.00. The summed E-state index contributed by atoms with van der Waals surface area (Å²) in [6, 6.07) is 0.815. The van der Waals surface area contributed by atoms with Crippen molar-refractivity contribution in [1.82, 2.24) is 5.32 Å². The van der Waals surface area contributed by atoms with E-state index in [9.17, 15) is 0 Å². The summed E-state index contributed by atoms with van der Waals surface area (Å²) in [6.07, 6.45) is 14.5. The first-order valence-electron chi connectivity index (χ1n) is 7.79.